The average Bonchev–Trinajstić information content (AvgIpc) is 3.24. The van der Waals surface area contributed by atoms with E-state index in [2.05, 4.69) is 15.0 Å². The summed E-state index contributed by atoms with van der Waals surface area (Å²) in [6.07, 6.45) is 3.11. The summed E-state index contributed by atoms with van der Waals surface area (Å²) in [5.41, 5.74) is 0.952. The Hall–Kier alpha value is -2.93. The van der Waals surface area contributed by atoms with Crippen LogP contribution in [0.2, 0.25) is 0 Å². The number of nitro groups is 1. The van der Waals surface area contributed by atoms with E-state index >= 15 is 0 Å². The lowest BCUT2D eigenvalue weighted by atomic mass is 10.1. The molecule has 0 spiro atoms. The maximum Gasteiger partial charge on any atom is 0.270 e. The molecule has 2 aromatic carbocycles. The molecule has 2 aliphatic heterocycles. The quantitative estimate of drug-likeness (QED) is 0.391. The van der Waals surface area contributed by atoms with Crippen LogP contribution in [0.25, 0.3) is 0 Å². The molecule has 156 valence electrons. The van der Waals surface area contributed by atoms with E-state index in [9.17, 15) is 18.5 Å². The molecule has 2 aliphatic rings. The Balaban J connectivity index is 1.55. The predicted octanol–water partition coefficient (Wildman–Crippen LogP) is 2.58. The third-order valence-corrected chi connectivity index (χ3v) is 6.63. The number of nitrogens with one attached hydrogen (secondary N) is 2. The Morgan fingerprint density at radius 1 is 1.30 bits per heavy atom. The van der Waals surface area contributed by atoms with E-state index in [1.165, 1.54) is 42.2 Å². The summed E-state index contributed by atoms with van der Waals surface area (Å²) in [4.78, 5) is 15.1. The van der Waals surface area contributed by atoms with Crippen molar-refractivity contribution in [2.45, 2.75) is 17.0 Å². The maximum absolute atomic E-state index is 12.4. The van der Waals surface area contributed by atoms with Crippen LogP contribution in [0, 0.1) is 10.1 Å². The lowest BCUT2D eigenvalue weighted by Gasteiger charge is -2.19. The van der Waals surface area contributed by atoms with Gasteiger partial charge in [-0.3, -0.25) is 15.1 Å². The summed E-state index contributed by atoms with van der Waals surface area (Å²) >= 11 is 1.31. The molecule has 12 heteroatoms. The molecule has 0 aliphatic carbocycles. The van der Waals surface area contributed by atoms with Gasteiger partial charge in [0.15, 0.2) is 6.79 Å². The van der Waals surface area contributed by atoms with Crippen molar-refractivity contribution in [1.29, 1.82) is 0 Å². The number of ether oxygens (including phenoxy) is 2. The topological polar surface area (TPSA) is 132 Å². The van der Waals surface area contributed by atoms with Crippen LogP contribution in [-0.2, 0) is 21.4 Å². The van der Waals surface area contributed by atoms with Gasteiger partial charge in [-0.15, -0.1) is 0 Å². The summed E-state index contributed by atoms with van der Waals surface area (Å²) in [6, 6.07) is 8.76. The Morgan fingerprint density at radius 3 is 2.80 bits per heavy atom. The minimum Gasteiger partial charge on any atom is -0.466 e. The van der Waals surface area contributed by atoms with Crippen molar-refractivity contribution in [2.24, 2.45) is 4.99 Å². The second kappa shape index (κ2) is 8.44. The van der Waals surface area contributed by atoms with Crippen LogP contribution in [0.3, 0.4) is 0 Å². The van der Waals surface area contributed by atoms with Crippen LogP contribution >= 0.6 is 11.8 Å². The molecule has 0 unspecified atom stereocenters. The fraction of sp³-hybridized carbons (Fsp3) is 0.167. The van der Waals surface area contributed by atoms with Crippen molar-refractivity contribution in [1.82, 2.24) is 10.0 Å². The number of sulfonamides is 1. The van der Waals surface area contributed by atoms with Gasteiger partial charge in [-0.2, -0.15) is 4.72 Å². The normalized spacial score (nSPS) is 18.1. The number of thioether (sulfide) groups is 1. The molecule has 10 nitrogen and oxygen atoms in total. The van der Waals surface area contributed by atoms with Gasteiger partial charge in [0.05, 0.1) is 22.1 Å². The van der Waals surface area contributed by atoms with Crippen LogP contribution in [0.1, 0.15) is 11.1 Å². The van der Waals surface area contributed by atoms with Crippen molar-refractivity contribution in [2.75, 3.05) is 6.79 Å². The molecule has 1 atom stereocenters. The lowest BCUT2D eigenvalue weighted by Crippen LogP contribution is -2.38. The zero-order valence-corrected chi connectivity index (χ0v) is 17.0. The van der Waals surface area contributed by atoms with Crippen LogP contribution in [0.15, 0.2) is 57.9 Å². The van der Waals surface area contributed by atoms with Crippen molar-refractivity contribution >= 4 is 39.4 Å². The molecule has 0 amide bonds. The highest BCUT2D eigenvalue weighted by Crippen LogP contribution is 2.32. The smallest absolute Gasteiger partial charge is 0.270 e. The number of benzene rings is 2. The van der Waals surface area contributed by atoms with Gasteiger partial charge in [0.25, 0.3) is 5.69 Å². The summed E-state index contributed by atoms with van der Waals surface area (Å²) in [5.74, 6) is 0.481. The van der Waals surface area contributed by atoms with Gasteiger partial charge in [-0.1, -0.05) is 11.8 Å². The zero-order valence-electron chi connectivity index (χ0n) is 15.3. The molecule has 2 N–H and O–H groups in total. The third kappa shape index (κ3) is 4.46. The summed E-state index contributed by atoms with van der Waals surface area (Å²) in [7, 11) is -3.69. The highest BCUT2D eigenvalue weighted by Gasteiger charge is 2.21. The summed E-state index contributed by atoms with van der Waals surface area (Å²) in [5, 5.41) is 15.8. The van der Waals surface area contributed by atoms with Crippen molar-refractivity contribution in [3.8, 4) is 5.75 Å². The Bertz CT molecular complexity index is 1120. The molecule has 0 aromatic heterocycles. The fourth-order valence-electron chi connectivity index (χ4n) is 2.84. The second-order valence-electron chi connectivity index (χ2n) is 6.25. The van der Waals surface area contributed by atoms with Gasteiger partial charge in [0.2, 0.25) is 10.0 Å². The molecular formula is C18H16N4O6S2. The second-order valence-corrected chi connectivity index (χ2v) is 8.98. The van der Waals surface area contributed by atoms with Gasteiger partial charge in [0.1, 0.15) is 11.2 Å². The number of nitrogens with zero attached hydrogens (tertiary/aromatic N) is 2. The number of hydrogen-bond donors (Lipinski definition) is 2. The molecule has 0 bridgehead atoms. The van der Waals surface area contributed by atoms with Gasteiger partial charge in [-0.05, 0) is 29.7 Å². The molecule has 0 saturated carbocycles. The minimum atomic E-state index is -3.69. The molecule has 2 heterocycles. The zero-order chi connectivity index (χ0) is 21.1. The number of hydrogen-bond acceptors (Lipinski definition) is 9. The molecule has 0 radical (unpaired) electrons. The van der Waals surface area contributed by atoms with Gasteiger partial charge >= 0.3 is 0 Å². The van der Waals surface area contributed by atoms with Gasteiger partial charge < -0.3 is 14.8 Å². The van der Waals surface area contributed by atoms with E-state index < -0.39 is 20.4 Å². The van der Waals surface area contributed by atoms with Crippen LogP contribution < -0.4 is 14.8 Å². The lowest BCUT2D eigenvalue weighted by molar-refractivity contribution is -0.385. The van der Waals surface area contributed by atoms with E-state index in [1.807, 2.05) is 0 Å². The van der Waals surface area contributed by atoms with Gasteiger partial charge in [-0.25, -0.2) is 8.42 Å². The first kappa shape index (κ1) is 20.3. The molecule has 2 aromatic rings. The molecular weight excluding hydrogens is 432 g/mol. The SMILES string of the molecule is O=[N+]([O-])c1cc(C=Nc2ccc(S(=O)(=O)N[C@@H]3NC=CS3)cc2)c2c(c1)COCO2. The van der Waals surface area contributed by atoms with Crippen LogP contribution in [-0.4, -0.2) is 31.8 Å². The fourth-order valence-corrected chi connectivity index (χ4v) is 4.90. The summed E-state index contributed by atoms with van der Waals surface area (Å²) in [6.45, 7) is 0.260. The van der Waals surface area contributed by atoms with Crippen molar-refractivity contribution in [3.63, 3.8) is 0 Å². The first-order chi connectivity index (χ1) is 14.4. The number of aliphatic imine (C=N–C) groups is 1. The van der Waals surface area contributed by atoms with E-state index in [1.54, 1.807) is 23.7 Å². The Labute approximate surface area is 176 Å². The first-order valence-corrected chi connectivity index (χ1v) is 11.1. The highest BCUT2D eigenvalue weighted by atomic mass is 32.2. The molecule has 4 rings (SSSR count). The predicted molar refractivity (Wildman–Crippen MR) is 111 cm³/mol. The minimum absolute atomic E-state index is 0.0505. The number of rotatable bonds is 6. The number of non-ortho nitro benzene ring substituents is 1. The Kier molecular flexibility index (Phi) is 5.72. The number of nitro benzene ring substituents is 1. The largest absolute Gasteiger partial charge is 0.466 e. The maximum atomic E-state index is 12.4. The monoisotopic (exact) mass is 448 g/mol. The van der Waals surface area contributed by atoms with E-state index in [0.717, 1.165) is 0 Å². The molecule has 0 fully saturated rings. The van der Waals surface area contributed by atoms with E-state index in [-0.39, 0.29) is 24.0 Å². The van der Waals surface area contributed by atoms with Gasteiger partial charge in [0, 0.05) is 35.7 Å². The van der Waals surface area contributed by atoms with Crippen LogP contribution in [0.4, 0.5) is 11.4 Å². The average molecular weight is 448 g/mol. The highest BCUT2D eigenvalue weighted by molar-refractivity contribution is 8.03. The molecule has 0 saturated heterocycles. The summed E-state index contributed by atoms with van der Waals surface area (Å²) < 4.78 is 38.0. The Morgan fingerprint density at radius 2 is 2.10 bits per heavy atom. The third-order valence-electron chi connectivity index (χ3n) is 4.23. The first-order valence-electron chi connectivity index (χ1n) is 8.67. The van der Waals surface area contributed by atoms with E-state index in [4.69, 9.17) is 9.47 Å². The standard InChI is InChI=1S/C18H16N4O6S2/c23-22(24)15-7-12(17-13(8-15)10-27-11-28-17)9-20-14-1-3-16(4-2-14)30(25,26)21-18-19-5-6-29-18/h1-9,18-19,21H,10-11H2/t18-/m0/s1. The number of fused-ring (bicyclic) bond motifs is 1. The molecule has 30 heavy (non-hydrogen) atoms. The van der Waals surface area contributed by atoms with Crippen molar-refractivity contribution < 1.29 is 22.8 Å². The van der Waals surface area contributed by atoms with E-state index in [0.29, 0.717) is 22.6 Å². The van der Waals surface area contributed by atoms with Crippen LogP contribution in [0.5, 0.6) is 5.75 Å². The van der Waals surface area contributed by atoms with Crippen molar-refractivity contribution in [3.05, 3.63) is 69.2 Å².